The Bertz CT molecular complexity index is 540. The molecule has 0 spiro atoms. The SMILES string of the molecule is CCOc1ccc(-c2ncc(CS)s2)cc1OCC. The van der Waals surface area contributed by atoms with E-state index in [0.717, 1.165) is 26.9 Å². The van der Waals surface area contributed by atoms with Gasteiger partial charge in [-0.3, -0.25) is 0 Å². The zero-order chi connectivity index (χ0) is 13.7. The molecule has 0 saturated heterocycles. The van der Waals surface area contributed by atoms with Crippen molar-refractivity contribution in [1.82, 2.24) is 4.98 Å². The van der Waals surface area contributed by atoms with Crippen molar-refractivity contribution in [3.05, 3.63) is 29.3 Å². The highest BCUT2D eigenvalue weighted by Crippen LogP contribution is 2.34. The standard InChI is InChI=1S/C14H17NO2S2/c1-3-16-12-6-5-10(7-13(12)17-4-2)14-15-8-11(9-18)19-14/h5-8,18H,3-4,9H2,1-2H3. The van der Waals surface area contributed by atoms with E-state index in [0.29, 0.717) is 19.0 Å². The van der Waals surface area contributed by atoms with Gasteiger partial charge in [-0.2, -0.15) is 12.6 Å². The highest BCUT2D eigenvalue weighted by molar-refractivity contribution is 7.79. The molecule has 19 heavy (non-hydrogen) atoms. The smallest absolute Gasteiger partial charge is 0.161 e. The van der Waals surface area contributed by atoms with Crippen molar-refractivity contribution in [3.8, 4) is 22.1 Å². The third kappa shape index (κ3) is 3.42. The molecule has 0 unspecified atom stereocenters. The third-order valence-electron chi connectivity index (χ3n) is 2.50. The van der Waals surface area contributed by atoms with Crippen LogP contribution in [0.3, 0.4) is 0 Å². The Morgan fingerprint density at radius 2 is 1.89 bits per heavy atom. The minimum Gasteiger partial charge on any atom is -0.490 e. The lowest BCUT2D eigenvalue weighted by molar-refractivity contribution is 0.288. The van der Waals surface area contributed by atoms with Crippen LogP contribution in [-0.4, -0.2) is 18.2 Å². The van der Waals surface area contributed by atoms with Crippen LogP contribution in [0.15, 0.2) is 24.4 Å². The lowest BCUT2D eigenvalue weighted by Crippen LogP contribution is -1.98. The van der Waals surface area contributed by atoms with Gasteiger partial charge in [0.05, 0.1) is 13.2 Å². The van der Waals surface area contributed by atoms with Crippen LogP contribution in [0.4, 0.5) is 0 Å². The first-order chi connectivity index (χ1) is 9.28. The van der Waals surface area contributed by atoms with Gasteiger partial charge in [0, 0.05) is 22.4 Å². The largest absolute Gasteiger partial charge is 0.490 e. The van der Waals surface area contributed by atoms with E-state index >= 15 is 0 Å². The Labute approximate surface area is 123 Å². The quantitative estimate of drug-likeness (QED) is 0.816. The van der Waals surface area contributed by atoms with Crippen LogP contribution in [0.2, 0.25) is 0 Å². The average Bonchev–Trinajstić information content (AvgIpc) is 2.90. The van der Waals surface area contributed by atoms with E-state index < -0.39 is 0 Å². The van der Waals surface area contributed by atoms with E-state index in [-0.39, 0.29) is 0 Å². The summed E-state index contributed by atoms with van der Waals surface area (Å²) in [6, 6.07) is 5.93. The molecule has 0 aliphatic heterocycles. The Hall–Kier alpha value is -1.20. The summed E-state index contributed by atoms with van der Waals surface area (Å²) < 4.78 is 11.2. The molecule has 5 heteroatoms. The van der Waals surface area contributed by atoms with Crippen LogP contribution < -0.4 is 9.47 Å². The van der Waals surface area contributed by atoms with Gasteiger partial charge in [0.1, 0.15) is 5.01 Å². The topological polar surface area (TPSA) is 31.4 Å². The average molecular weight is 295 g/mol. The maximum absolute atomic E-state index is 5.62. The van der Waals surface area contributed by atoms with Gasteiger partial charge >= 0.3 is 0 Å². The summed E-state index contributed by atoms with van der Waals surface area (Å²) in [6.45, 7) is 5.16. The van der Waals surface area contributed by atoms with Crippen molar-refractivity contribution in [2.45, 2.75) is 19.6 Å². The number of hydrogen-bond acceptors (Lipinski definition) is 5. The molecule has 3 nitrogen and oxygen atoms in total. The fourth-order valence-corrected chi connectivity index (χ4v) is 2.74. The van der Waals surface area contributed by atoms with Crippen molar-refractivity contribution in [2.75, 3.05) is 13.2 Å². The summed E-state index contributed by atoms with van der Waals surface area (Å²) >= 11 is 5.91. The van der Waals surface area contributed by atoms with E-state index in [2.05, 4.69) is 17.6 Å². The molecule has 1 aromatic carbocycles. The molecular formula is C14H17NO2S2. The fourth-order valence-electron chi connectivity index (χ4n) is 1.70. The van der Waals surface area contributed by atoms with E-state index in [1.54, 1.807) is 11.3 Å². The molecule has 0 atom stereocenters. The second-order valence-corrected chi connectivity index (χ2v) is 5.25. The number of nitrogens with zero attached hydrogens (tertiary/aromatic N) is 1. The summed E-state index contributed by atoms with van der Waals surface area (Å²) in [5, 5.41) is 0.980. The molecule has 0 radical (unpaired) electrons. The number of ether oxygens (including phenoxy) is 2. The highest BCUT2D eigenvalue weighted by atomic mass is 32.1. The maximum atomic E-state index is 5.62. The zero-order valence-electron chi connectivity index (χ0n) is 11.0. The first-order valence-electron chi connectivity index (χ1n) is 6.24. The van der Waals surface area contributed by atoms with Crippen LogP contribution in [0.5, 0.6) is 11.5 Å². The predicted octanol–water partition coefficient (Wildman–Crippen LogP) is 4.04. The van der Waals surface area contributed by atoms with Crippen LogP contribution in [0, 0.1) is 0 Å². The lowest BCUT2D eigenvalue weighted by atomic mass is 10.2. The second kappa shape index (κ2) is 6.82. The van der Waals surface area contributed by atoms with Gasteiger partial charge in [-0.1, -0.05) is 0 Å². The Morgan fingerprint density at radius 1 is 1.16 bits per heavy atom. The highest BCUT2D eigenvalue weighted by Gasteiger charge is 2.10. The number of thiol groups is 1. The van der Waals surface area contributed by atoms with Gasteiger partial charge in [-0.25, -0.2) is 4.98 Å². The van der Waals surface area contributed by atoms with Gasteiger partial charge in [0.25, 0.3) is 0 Å². The van der Waals surface area contributed by atoms with Gasteiger partial charge in [-0.05, 0) is 32.0 Å². The summed E-state index contributed by atoms with van der Waals surface area (Å²) in [5.41, 5.74) is 1.05. The van der Waals surface area contributed by atoms with Gasteiger partial charge in [0.2, 0.25) is 0 Å². The fraction of sp³-hybridized carbons (Fsp3) is 0.357. The van der Waals surface area contributed by atoms with E-state index in [9.17, 15) is 0 Å². The maximum Gasteiger partial charge on any atom is 0.161 e. The molecule has 2 aromatic rings. The predicted molar refractivity (Wildman–Crippen MR) is 82.6 cm³/mol. The van der Waals surface area contributed by atoms with Crippen molar-refractivity contribution < 1.29 is 9.47 Å². The number of thiazole rings is 1. The molecule has 0 bridgehead atoms. The number of aromatic nitrogens is 1. The summed E-state index contributed by atoms with van der Waals surface area (Å²) in [4.78, 5) is 5.56. The minimum absolute atomic E-state index is 0.614. The zero-order valence-corrected chi connectivity index (χ0v) is 12.8. The molecule has 102 valence electrons. The van der Waals surface area contributed by atoms with Crippen LogP contribution in [-0.2, 0) is 5.75 Å². The Kier molecular flexibility index (Phi) is 5.10. The Morgan fingerprint density at radius 3 is 2.53 bits per heavy atom. The van der Waals surface area contributed by atoms with E-state index in [1.807, 2.05) is 38.2 Å². The molecule has 1 heterocycles. The van der Waals surface area contributed by atoms with Crippen LogP contribution in [0.25, 0.3) is 10.6 Å². The van der Waals surface area contributed by atoms with Gasteiger partial charge in [0.15, 0.2) is 11.5 Å². The van der Waals surface area contributed by atoms with E-state index in [1.165, 1.54) is 0 Å². The number of benzene rings is 1. The monoisotopic (exact) mass is 295 g/mol. The van der Waals surface area contributed by atoms with Gasteiger partial charge in [-0.15, -0.1) is 11.3 Å². The molecular weight excluding hydrogens is 278 g/mol. The van der Waals surface area contributed by atoms with Crippen LogP contribution >= 0.6 is 24.0 Å². The lowest BCUT2D eigenvalue weighted by Gasteiger charge is -2.11. The molecule has 0 aliphatic carbocycles. The molecule has 0 N–H and O–H groups in total. The van der Waals surface area contributed by atoms with Crippen molar-refractivity contribution in [2.24, 2.45) is 0 Å². The summed E-state index contributed by atoms with van der Waals surface area (Å²) in [6.07, 6.45) is 1.86. The van der Waals surface area contributed by atoms with Gasteiger partial charge < -0.3 is 9.47 Å². The normalized spacial score (nSPS) is 10.5. The van der Waals surface area contributed by atoms with Crippen molar-refractivity contribution in [1.29, 1.82) is 0 Å². The summed E-state index contributed by atoms with van der Waals surface area (Å²) in [5.74, 6) is 2.26. The molecule has 0 amide bonds. The molecule has 0 fully saturated rings. The third-order valence-corrected chi connectivity index (χ3v) is 4.10. The minimum atomic E-state index is 0.614. The number of rotatable bonds is 6. The summed E-state index contributed by atoms with van der Waals surface area (Å²) in [7, 11) is 0. The van der Waals surface area contributed by atoms with Crippen molar-refractivity contribution in [3.63, 3.8) is 0 Å². The molecule has 0 saturated carbocycles. The molecule has 1 aromatic heterocycles. The van der Waals surface area contributed by atoms with Crippen molar-refractivity contribution >= 4 is 24.0 Å². The first-order valence-corrected chi connectivity index (χ1v) is 7.69. The number of hydrogen-bond donors (Lipinski definition) is 1. The molecule has 0 aliphatic rings. The Balaban J connectivity index is 2.33. The first kappa shape index (κ1) is 14.2. The van der Waals surface area contributed by atoms with E-state index in [4.69, 9.17) is 9.47 Å². The second-order valence-electron chi connectivity index (χ2n) is 3.82. The molecule has 2 rings (SSSR count). The van der Waals surface area contributed by atoms with Crippen LogP contribution in [0.1, 0.15) is 18.7 Å².